The van der Waals surface area contributed by atoms with E-state index in [2.05, 4.69) is 0 Å². The summed E-state index contributed by atoms with van der Waals surface area (Å²) in [5.74, 6) is -0.110. The van der Waals surface area contributed by atoms with Gasteiger partial charge < -0.3 is 14.8 Å². The summed E-state index contributed by atoms with van der Waals surface area (Å²) in [6.45, 7) is 2.87. The molecular formula is C21H25F3N2O5S. The molecule has 2 aromatic rings. The van der Waals surface area contributed by atoms with Crippen molar-refractivity contribution >= 4 is 15.9 Å². The Labute approximate surface area is 185 Å². The van der Waals surface area contributed by atoms with E-state index in [9.17, 15) is 26.4 Å². The molecule has 0 bridgehead atoms. The summed E-state index contributed by atoms with van der Waals surface area (Å²) in [6.07, 6.45) is -4.50. The first-order valence-electron chi connectivity index (χ1n) is 9.77. The summed E-state index contributed by atoms with van der Waals surface area (Å²) in [4.78, 5) is 11.8. The van der Waals surface area contributed by atoms with Gasteiger partial charge in [0.1, 0.15) is 6.54 Å². The van der Waals surface area contributed by atoms with E-state index < -0.39 is 28.7 Å². The number of hydrogen-bond donors (Lipinski definition) is 1. The SMILES string of the molecule is CCOc1ccc(S(=O)(=O)N(C)Cc2ccc(C(=O)NCC(F)(F)F)cc2)cc1OCC. The first kappa shape index (κ1) is 25.5. The molecule has 0 saturated carbocycles. The molecule has 176 valence electrons. The first-order chi connectivity index (χ1) is 15.0. The maximum absolute atomic E-state index is 13.0. The van der Waals surface area contributed by atoms with Crippen LogP contribution in [0.2, 0.25) is 0 Å². The molecule has 0 atom stereocenters. The lowest BCUT2D eigenvalue weighted by atomic mass is 10.1. The van der Waals surface area contributed by atoms with E-state index >= 15 is 0 Å². The molecule has 0 fully saturated rings. The van der Waals surface area contributed by atoms with E-state index in [4.69, 9.17) is 9.47 Å². The number of amides is 1. The van der Waals surface area contributed by atoms with Gasteiger partial charge in [0.25, 0.3) is 5.91 Å². The predicted octanol–water partition coefficient (Wildman–Crippen LogP) is 3.60. The van der Waals surface area contributed by atoms with E-state index in [0.29, 0.717) is 30.3 Å². The zero-order valence-corrected chi connectivity index (χ0v) is 18.7. The molecule has 0 unspecified atom stereocenters. The molecule has 7 nitrogen and oxygen atoms in total. The fourth-order valence-electron chi connectivity index (χ4n) is 2.76. The zero-order chi connectivity index (χ0) is 23.9. The van der Waals surface area contributed by atoms with Gasteiger partial charge in [0.15, 0.2) is 11.5 Å². The number of halogens is 3. The maximum Gasteiger partial charge on any atom is 0.405 e. The summed E-state index contributed by atoms with van der Waals surface area (Å²) < 4.78 is 74.7. The molecule has 0 heterocycles. The average molecular weight is 475 g/mol. The van der Waals surface area contributed by atoms with Crippen molar-refractivity contribution in [1.29, 1.82) is 0 Å². The predicted molar refractivity (Wildman–Crippen MR) is 112 cm³/mol. The number of sulfonamides is 1. The Balaban J connectivity index is 2.13. The van der Waals surface area contributed by atoms with Crippen LogP contribution in [0.4, 0.5) is 13.2 Å². The van der Waals surface area contributed by atoms with Gasteiger partial charge in [0.2, 0.25) is 10.0 Å². The highest BCUT2D eigenvalue weighted by atomic mass is 32.2. The molecule has 1 amide bonds. The highest BCUT2D eigenvalue weighted by Crippen LogP contribution is 2.31. The lowest BCUT2D eigenvalue weighted by Gasteiger charge is -2.19. The van der Waals surface area contributed by atoms with Crippen LogP contribution in [0.1, 0.15) is 29.8 Å². The molecule has 11 heteroatoms. The molecule has 0 aliphatic rings. The van der Waals surface area contributed by atoms with Gasteiger partial charge in [-0.2, -0.15) is 17.5 Å². The van der Waals surface area contributed by atoms with Crippen molar-refractivity contribution in [3.05, 3.63) is 53.6 Å². The number of nitrogens with one attached hydrogen (secondary N) is 1. The Hall–Kier alpha value is -2.79. The Bertz CT molecular complexity index is 1020. The molecule has 0 aliphatic heterocycles. The van der Waals surface area contributed by atoms with Gasteiger partial charge in [-0.25, -0.2) is 8.42 Å². The van der Waals surface area contributed by atoms with Crippen LogP contribution in [0.5, 0.6) is 11.5 Å². The van der Waals surface area contributed by atoms with Crippen molar-refractivity contribution in [2.45, 2.75) is 31.5 Å². The third-order valence-corrected chi connectivity index (χ3v) is 6.09. The summed E-state index contributed by atoms with van der Waals surface area (Å²) in [5.41, 5.74) is 0.593. The highest BCUT2D eigenvalue weighted by Gasteiger charge is 2.28. The standard InChI is InChI=1S/C21H25F3N2O5S/c1-4-30-18-11-10-17(12-19(18)31-5-2)32(28,29)26(3)13-15-6-8-16(9-7-15)20(27)25-14-21(22,23)24/h6-12H,4-5,13-14H2,1-3H3,(H,25,27). The van der Waals surface area contributed by atoms with Crippen LogP contribution >= 0.6 is 0 Å². The Morgan fingerprint density at radius 2 is 1.59 bits per heavy atom. The van der Waals surface area contributed by atoms with Crippen molar-refractivity contribution in [1.82, 2.24) is 9.62 Å². The number of ether oxygens (including phenoxy) is 2. The van der Waals surface area contributed by atoms with Crippen molar-refractivity contribution in [2.75, 3.05) is 26.8 Å². The first-order valence-corrected chi connectivity index (χ1v) is 11.2. The smallest absolute Gasteiger partial charge is 0.405 e. The second kappa shape index (κ2) is 10.7. The monoisotopic (exact) mass is 474 g/mol. The zero-order valence-electron chi connectivity index (χ0n) is 17.9. The van der Waals surface area contributed by atoms with Gasteiger partial charge in [-0.05, 0) is 43.7 Å². The molecule has 0 spiro atoms. The number of benzene rings is 2. The van der Waals surface area contributed by atoms with Gasteiger partial charge in [-0.3, -0.25) is 4.79 Å². The minimum atomic E-state index is -4.50. The second-order valence-electron chi connectivity index (χ2n) is 6.73. The quantitative estimate of drug-likeness (QED) is 0.569. The van der Waals surface area contributed by atoms with Crippen LogP contribution in [-0.4, -0.2) is 51.6 Å². The molecule has 0 saturated heterocycles. The summed E-state index contributed by atoms with van der Waals surface area (Å²) >= 11 is 0. The van der Waals surface area contributed by atoms with E-state index in [1.807, 2.05) is 0 Å². The van der Waals surface area contributed by atoms with Gasteiger partial charge >= 0.3 is 6.18 Å². The van der Waals surface area contributed by atoms with Crippen molar-refractivity contribution in [3.63, 3.8) is 0 Å². The molecule has 1 N–H and O–H groups in total. The number of carbonyl (C=O) groups is 1. The molecule has 32 heavy (non-hydrogen) atoms. The second-order valence-corrected chi connectivity index (χ2v) is 8.78. The number of rotatable bonds is 10. The third kappa shape index (κ3) is 6.86. The van der Waals surface area contributed by atoms with Crippen molar-refractivity contribution in [2.24, 2.45) is 0 Å². The Morgan fingerprint density at radius 3 is 2.16 bits per heavy atom. The number of nitrogens with zero attached hydrogens (tertiary/aromatic N) is 1. The fourth-order valence-corrected chi connectivity index (χ4v) is 3.93. The van der Waals surface area contributed by atoms with Crippen molar-refractivity contribution < 1.29 is 35.9 Å². The average Bonchev–Trinajstić information content (AvgIpc) is 2.73. The van der Waals surface area contributed by atoms with Crippen molar-refractivity contribution in [3.8, 4) is 11.5 Å². The number of hydrogen-bond acceptors (Lipinski definition) is 5. The largest absolute Gasteiger partial charge is 0.490 e. The third-order valence-electron chi connectivity index (χ3n) is 4.29. The van der Waals surface area contributed by atoms with Crippen LogP contribution < -0.4 is 14.8 Å². The highest BCUT2D eigenvalue weighted by molar-refractivity contribution is 7.89. The van der Waals surface area contributed by atoms with Crippen LogP contribution in [0, 0.1) is 0 Å². The number of carbonyl (C=O) groups excluding carboxylic acids is 1. The summed E-state index contributed by atoms with van der Waals surface area (Å²) in [5, 5.41) is 1.78. The minimum absolute atomic E-state index is 0.00996. The van der Waals surface area contributed by atoms with Gasteiger partial charge in [-0.15, -0.1) is 0 Å². The topological polar surface area (TPSA) is 84.9 Å². The Morgan fingerprint density at radius 1 is 1.00 bits per heavy atom. The van der Waals surface area contributed by atoms with E-state index in [0.717, 1.165) is 4.31 Å². The van der Waals surface area contributed by atoms with E-state index in [1.54, 1.807) is 19.2 Å². The minimum Gasteiger partial charge on any atom is -0.490 e. The van der Waals surface area contributed by atoms with Crippen LogP contribution in [0.25, 0.3) is 0 Å². The fraction of sp³-hybridized carbons (Fsp3) is 0.381. The van der Waals surface area contributed by atoms with Crippen LogP contribution in [0.3, 0.4) is 0 Å². The molecular weight excluding hydrogens is 449 g/mol. The summed E-state index contributed by atoms with van der Waals surface area (Å²) in [6, 6.07) is 10.00. The summed E-state index contributed by atoms with van der Waals surface area (Å²) in [7, 11) is -2.47. The van der Waals surface area contributed by atoms with Crippen LogP contribution in [0.15, 0.2) is 47.4 Å². The van der Waals surface area contributed by atoms with Gasteiger partial charge in [0.05, 0.1) is 18.1 Å². The lowest BCUT2D eigenvalue weighted by molar-refractivity contribution is -0.123. The normalized spacial score (nSPS) is 12.0. The van der Waals surface area contributed by atoms with Crippen LogP contribution in [-0.2, 0) is 16.6 Å². The number of alkyl halides is 3. The van der Waals surface area contributed by atoms with E-state index in [1.165, 1.54) is 49.5 Å². The van der Waals surface area contributed by atoms with E-state index in [-0.39, 0.29) is 17.0 Å². The molecule has 0 aromatic heterocycles. The van der Waals surface area contributed by atoms with Gasteiger partial charge in [-0.1, -0.05) is 12.1 Å². The van der Waals surface area contributed by atoms with Gasteiger partial charge in [0, 0.05) is 25.2 Å². The maximum atomic E-state index is 13.0. The Kier molecular flexibility index (Phi) is 8.51. The molecule has 0 radical (unpaired) electrons. The molecule has 2 aromatic carbocycles. The molecule has 2 rings (SSSR count). The lowest BCUT2D eigenvalue weighted by Crippen LogP contribution is -2.33. The molecule has 0 aliphatic carbocycles.